The largest absolute Gasteiger partial charge is 0.396 e. The van der Waals surface area contributed by atoms with E-state index in [0.29, 0.717) is 11.4 Å². The van der Waals surface area contributed by atoms with Crippen LogP contribution in [0.25, 0.3) is 0 Å². The van der Waals surface area contributed by atoms with Gasteiger partial charge >= 0.3 is 0 Å². The van der Waals surface area contributed by atoms with Gasteiger partial charge in [-0.05, 0) is 32.4 Å². The number of nitrogens with one attached hydrogen (secondary N) is 1. The number of aryl methyl sites for hydroxylation is 2. The molecule has 0 aliphatic carbocycles. The maximum absolute atomic E-state index is 12.0. The Bertz CT molecular complexity index is 617. The summed E-state index contributed by atoms with van der Waals surface area (Å²) < 4.78 is 1.60. The Hall–Kier alpha value is -2.37. The van der Waals surface area contributed by atoms with Crippen LogP contribution in [0.2, 0.25) is 0 Å². The highest BCUT2D eigenvalue weighted by molar-refractivity contribution is 5.91. The molecule has 2 rings (SSSR count). The lowest BCUT2D eigenvalue weighted by Crippen LogP contribution is -2.21. The Balaban J connectivity index is 2.10. The fourth-order valence-corrected chi connectivity index (χ4v) is 1.79. The summed E-state index contributed by atoms with van der Waals surface area (Å²) in [5.74, 6) is -0.151. The molecule has 0 saturated heterocycles. The zero-order valence-electron chi connectivity index (χ0n) is 11.3. The lowest BCUT2D eigenvalue weighted by atomic mass is 10.2. The second-order valence-electron chi connectivity index (χ2n) is 4.48. The third-order valence-electron chi connectivity index (χ3n) is 3.04. The smallest absolute Gasteiger partial charge is 0.246 e. The van der Waals surface area contributed by atoms with Gasteiger partial charge in [-0.15, -0.1) is 0 Å². The Morgan fingerprint density at radius 1 is 1.42 bits per heavy atom. The SMILES string of the molecule is Cc1ccncc1NC(=O)Cn1nc(C)c(N)c1C. The predicted molar refractivity (Wildman–Crippen MR) is 73.7 cm³/mol. The molecule has 2 heterocycles. The zero-order valence-corrected chi connectivity index (χ0v) is 11.3. The number of rotatable bonds is 3. The number of hydrogen-bond donors (Lipinski definition) is 2. The van der Waals surface area contributed by atoms with Crippen molar-refractivity contribution in [1.82, 2.24) is 14.8 Å². The summed E-state index contributed by atoms with van der Waals surface area (Å²) in [6.07, 6.45) is 3.31. The minimum absolute atomic E-state index is 0.137. The number of anilines is 2. The molecule has 1 amide bonds. The molecule has 0 spiro atoms. The van der Waals surface area contributed by atoms with Crippen LogP contribution in [0.3, 0.4) is 0 Å². The number of amides is 1. The first kappa shape index (κ1) is 13.1. The number of nitrogens with two attached hydrogens (primary N) is 1. The van der Waals surface area contributed by atoms with Gasteiger partial charge in [0.2, 0.25) is 5.91 Å². The lowest BCUT2D eigenvalue weighted by molar-refractivity contribution is -0.116. The number of nitrogen functional groups attached to an aromatic ring is 1. The van der Waals surface area contributed by atoms with Crippen molar-refractivity contribution in [3.05, 3.63) is 35.4 Å². The van der Waals surface area contributed by atoms with E-state index >= 15 is 0 Å². The molecular formula is C13H17N5O. The second kappa shape index (κ2) is 5.09. The normalized spacial score (nSPS) is 10.5. The summed E-state index contributed by atoms with van der Waals surface area (Å²) in [7, 11) is 0. The average molecular weight is 259 g/mol. The highest BCUT2D eigenvalue weighted by Crippen LogP contribution is 2.15. The number of hydrogen-bond acceptors (Lipinski definition) is 4. The first-order valence-electron chi connectivity index (χ1n) is 5.99. The molecular weight excluding hydrogens is 242 g/mol. The molecule has 0 atom stereocenters. The topological polar surface area (TPSA) is 85.8 Å². The molecule has 3 N–H and O–H groups in total. The zero-order chi connectivity index (χ0) is 14.0. The maximum atomic E-state index is 12.0. The van der Waals surface area contributed by atoms with Crippen molar-refractivity contribution >= 4 is 17.3 Å². The Morgan fingerprint density at radius 2 is 2.16 bits per heavy atom. The number of nitrogens with zero attached hydrogens (tertiary/aromatic N) is 3. The highest BCUT2D eigenvalue weighted by atomic mass is 16.2. The molecule has 6 nitrogen and oxygen atoms in total. The molecule has 0 unspecified atom stereocenters. The van der Waals surface area contributed by atoms with Gasteiger partial charge < -0.3 is 11.1 Å². The van der Waals surface area contributed by atoms with Crippen molar-refractivity contribution < 1.29 is 4.79 Å². The quantitative estimate of drug-likeness (QED) is 0.873. The van der Waals surface area contributed by atoms with Crippen molar-refractivity contribution in [3.63, 3.8) is 0 Å². The lowest BCUT2D eigenvalue weighted by Gasteiger charge is -2.08. The van der Waals surface area contributed by atoms with E-state index in [1.807, 2.05) is 26.8 Å². The van der Waals surface area contributed by atoms with Gasteiger partial charge in [0, 0.05) is 6.20 Å². The van der Waals surface area contributed by atoms with Gasteiger partial charge in [-0.3, -0.25) is 14.5 Å². The number of pyridine rings is 1. The van der Waals surface area contributed by atoms with Crippen molar-refractivity contribution in [2.24, 2.45) is 0 Å². The van der Waals surface area contributed by atoms with Gasteiger partial charge in [0.15, 0.2) is 0 Å². The molecule has 0 saturated carbocycles. The molecule has 0 aromatic carbocycles. The molecule has 0 bridgehead atoms. The summed E-state index contributed by atoms with van der Waals surface area (Å²) in [5, 5.41) is 7.04. The average Bonchev–Trinajstić information content (AvgIpc) is 2.60. The molecule has 2 aromatic rings. The molecule has 0 aliphatic heterocycles. The van der Waals surface area contributed by atoms with Gasteiger partial charge in [-0.25, -0.2) is 0 Å². The van der Waals surface area contributed by atoms with Crippen LogP contribution in [0.1, 0.15) is 17.0 Å². The van der Waals surface area contributed by atoms with Gasteiger partial charge in [0.25, 0.3) is 0 Å². The van der Waals surface area contributed by atoms with E-state index in [4.69, 9.17) is 5.73 Å². The molecule has 0 radical (unpaired) electrons. The predicted octanol–water partition coefficient (Wildman–Crippen LogP) is 1.42. The van der Waals surface area contributed by atoms with Gasteiger partial charge in [-0.2, -0.15) is 5.10 Å². The fraction of sp³-hybridized carbons (Fsp3) is 0.308. The summed E-state index contributed by atoms with van der Waals surface area (Å²) in [4.78, 5) is 16.0. The summed E-state index contributed by atoms with van der Waals surface area (Å²) in [6, 6.07) is 1.84. The maximum Gasteiger partial charge on any atom is 0.246 e. The summed E-state index contributed by atoms with van der Waals surface area (Å²) >= 11 is 0. The Kier molecular flexibility index (Phi) is 3.50. The second-order valence-corrected chi connectivity index (χ2v) is 4.48. The molecule has 2 aromatic heterocycles. The van der Waals surface area contributed by atoms with E-state index in [-0.39, 0.29) is 12.5 Å². The van der Waals surface area contributed by atoms with Crippen LogP contribution in [-0.2, 0) is 11.3 Å². The Labute approximate surface area is 111 Å². The van der Waals surface area contributed by atoms with Gasteiger partial charge in [0.1, 0.15) is 6.54 Å². The minimum atomic E-state index is -0.151. The van der Waals surface area contributed by atoms with Crippen LogP contribution in [0.5, 0.6) is 0 Å². The van der Waals surface area contributed by atoms with E-state index in [2.05, 4.69) is 15.4 Å². The minimum Gasteiger partial charge on any atom is -0.396 e. The monoisotopic (exact) mass is 259 g/mol. The van der Waals surface area contributed by atoms with Crippen LogP contribution in [0.15, 0.2) is 18.5 Å². The van der Waals surface area contributed by atoms with Gasteiger partial charge in [-0.1, -0.05) is 0 Å². The molecule has 19 heavy (non-hydrogen) atoms. The van der Waals surface area contributed by atoms with Crippen molar-refractivity contribution in [1.29, 1.82) is 0 Å². The third-order valence-corrected chi connectivity index (χ3v) is 3.04. The Morgan fingerprint density at radius 3 is 2.74 bits per heavy atom. The van der Waals surface area contributed by atoms with E-state index in [0.717, 1.165) is 17.0 Å². The number of carbonyl (C=O) groups is 1. The highest BCUT2D eigenvalue weighted by Gasteiger charge is 2.12. The van der Waals surface area contributed by atoms with Crippen LogP contribution < -0.4 is 11.1 Å². The number of carbonyl (C=O) groups excluding carboxylic acids is 1. The van der Waals surface area contributed by atoms with E-state index in [1.165, 1.54) is 0 Å². The van der Waals surface area contributed by atoms with E-state index < -0.39 is 0 Å². The molecule has 0 fully saturated rings. The van der Waals surface area contributed by atoms with E-state index in [1.54, 1.807) is 17.1 Å². The van der Waals surface area contributed by atoms with Crippen molar-refractivity contribution in [2.45, 2.75) is 27.3 Å². The van der Waals surface area contributed by atoms with Crippen molar-refractivity contribution in [2.75, 3.05) is 11.1 Å². The number of aromatic nitrogens is 3. The first-order valence-corrected chi connectivity index (χ1v) is 5.99. The molecule has 0 aliphatic rings. The van der Waals surface area contributed by atoms with Crippen LogP contribution >= 0.6 is 0 Å². The molecule has 6 heteroatoms. The standard InChI is InChI=1S/C13H17N5O/c1-8-4-5-15-6-11(8)16-12(19)7-18-10(3)13(14)9(2)17-18/h4-6H,7,14H2,1-3H3,(H,16,19). The summed E-state index contributed by atoms with van der Waals surface area (Å²) in [6.45, 7) is 5.72. The fourth-order valence-electron chi connectivity index (χ4n) is 1.79. The first-order chi connectivity index (χ1) is 8.99. The van der Waals surface area contributed by atoms with E-state index in [9.17, 15) is 4.79 Å². The van der Waals surface area contributed by atoms with Gasteiger partial charge in [0.05, 0.1) is 29.0 Å². The third kappa shape index (κ3) is 2.73. The van der Waals surface area contributed by atoms with Crippen molar-refractivity contribution in [3.8, 4) is 0 Å². The van der Waals surface area contributed by atoms with Crippen LogP contribution in [0, 0.1) is 20.8 Å². The van der Waals surface area contributed by atoms with Crippen LogP contribution in [0.4, 0.5) is 11.4 Å². The van der Waals surface area contributed by atoms with Crippen LogP contribution in [-0.4, -0.2) is 20.7 Å². The summed E-state index contributed by atoms with van der Waals surface area (Å²) in [5.41, 5.74) is 9.68. The molecule has 100 valence electrons.